The zero-order valence-electron chi connectivity index (χ0n) is 18.9. The molecule has 5 rings (SSSR count). The van der Waals surface area contributed by atoms with Crippen LogP contribution in [0.15, 0.2) is 11.6 Å². The van der Waals surface area contributed by atoms with Crippen LogP contribution in [0, 0.1) is 34.5 Å². The summed E-state index contributed by atoms with van der Waals surface area (Å²) in [5.74, 6) is 0.565. The second kappa shape index (κ2) is 7.05. The van der Waals surface area contributed by atoms with Crippen molar-refractivity contribution >= 4 is 11.9 Å². The predicted molar refractivity (Wildman–Crippen MR) is 113 cm³/mol. The van der Waals surface area contributed by atoms with E-state index < -0.39 is 17.8 Å². The molecule has 0 spiro atoms. The molecule has 0 bridgehead atoms. The van der Waals surface area contributed by atoms with Crippen molar-refractivity contribution in [3.05, 3.63) is 11.6 Å². The van der Waals surface area contributed by atoms with Gasteiger partial charge in [-0.15, -0.1) is 0 Å². The van der Waals surface area contributed by atoms with Gasteiger partial charge in [0.1, 0.15) is 12.7 Å². The maximum atomic E-state index is 12.2. The fraction of sp³-hybridized carbons (Fsp3) is 0.840. The number of rotatable bonds is 2. The van der Waals surface area contributed by atoms with Crippen LogP contribution >= 0.6 is 0 Å². The SMILES string of the molecule is CC(=O)OC1CC2CCC3C(CCC4(C)C(C5=CC(=O)OC5)CCC34O)C2(C)CC1O. The third kappa shape index (κ3) is 2.97. The number of carbonyl (C=O) groups excluding carboxylic acids is 2. The van der Waals surface area contributed by atoms with Gasteiger partial charge >= 0.3 is 11.9 Å². The Hall–Kier alpha value is -1.40. The molecule has 0 amide bonds. The first-order valence-corrected chi connectivity index (χ1v) is 12.0. The van der Waals surface area contributed by atoms with E-state index in [0.717, 1.165) is 44.1 Å². The number of fused-ring (bicyclic) bond motifs is 5. The zero-order valence-corrected chi connectivity index (χ0v) is 18.9. The van der Waals surface area contributed by atoms with E-state index in [2.05, 4.69) is 13.8 Å². The molecule has 4 aliphatic carbocycles. The minimum absolute atomic E-state index is 0.0557. The summed E-state index contributed by atoms with van der Waals surface area (Å²) in [6.45, 7) is 6.30. The van der Waals surface area contributed by atoms with E-state index >= 15 is 0 Å². The molecule has 6 heteroatoms. The van der Waals surface area contributed by atoms with Gasteiger partial charge in [0.2, 0.25) is 0 Å². The summed E-state index contributed by atoms with van der Waals surface area (Å²) in [4.78, 5) is 23.2. The zero-order chi connectivity index (χ0) is 22.2. The van der Waals surface area contributed by atoms with E-state index in [9.17, 15) is 19.8 Å². The monoisotopic (exact) mass is 432 g/mol. The average Bonchev–Trinajstić information content (AvgIpc) is 3.22. The number of aliphatic hydroxyl groups excluding tert-OH is 1. The van der Waals surface area contributed by atoms with Crippen LogP contribution in [-0.2, 0) is 19.1 Å². The first kappa shape index (κ1) is 21.4. The normalized spacial score (nSPS) is 51.3. The van der Waals surface area contributed by atoms with Gasteiger partial charge in [-0.05, 0) is 86.0 Å². The summed E-state index contributed by atoms with van der Waals surface area (Å²) in [5, 5.41) is 23.1. The van der Waals surface area contributed by atoms with Gasteiger partial charge in [0.25, 0.3) is 0 Å². The highest BCUT2D eigenvalue weighted by Gasteiger charge is 2.68. The first-order valence-electron chi connectivity index (χ1n) is 12.0. The molecule has 2 N–H and O–H groups in total. The summed E-state index contributed by atoms with van der Waals surface area (Å²) in [6, 6.07) is 0. The summed E-state index contributed by atoms with van der Waals surface area (Å²) in [5.41, 5.74) is 0.00242. The molecule has 0 saturated heterocycles. The van der Waals surface area contributed by atoms with Gasteiger partial charge in [-0.1, -0.05) is 13.8 Å². The van der Waals surface area contributed by atoms with Crippen molar-refractivity contribution in [2.24, 2.45) is 34.5 Å². The molecule has 6 nitrogen and oxygen atoms in total. The molecule has 0 aromatic heterocycles. The van der Waals surface area contributed by atoms with Crippen LogP contribution < -0.4 is 0 Å². The lowest BCUT2D eigenvalue weighted by Crippen LogP contribution is -2.63. The number of aliphatic hydroxyl groups is 2. The van der Waals surface area contributed by atoms with Crippen LogP contribution in [-0.4, -0.2) is 46.6 Å². The lowest BCUT2D eigenvalue weighted by atomic mass is 9.43. The molecule has 9 atom stereocenters. The van der Waals surface area contributed by atoms with Crippen molar-refractivity contribution in [2.45, 2.75) is 89.9 Å². The third-order valence-electron chi connectivity index (χ3n) is 10.3. The molecule has 31 heavy (non-hydrogen) atoms. The molecule has 172 valence electrons. The number of hydrogen-bond acceptors (Lipinski definition) is 6. The van der Waals surface area contributed by atoms with E-state index in [4.69, 9.17) is 9.47 Å². The molecule has 5 aliphatic rings. The molecule has 9 unspecified atom stereocenters. The van der Waals surface area contributed by atoms with E-state index in [0.29, 0.717) is 31.3 Å². The standard InChI is InChI=1S/C25H36O6/c1-14(26)31-21-11-16-4-5-19-18(23(16,2)12-20(21)27)6-8-24(3)17(7-9-25(19,24)29)15-10-22(28)30-13-15/h10,16-21,27,29H,4-9,11-13H2,1-3H3. The third-order valence-corrected chi connectivity index (χ3v) is 10.3. The van der Waals surface area contributed by atoms with E-state index in [1.807, 2.05) is 0 Å². The minimum atomic E-state index is -0.751. The number of carbonyl (C=O) groups is 2. The molecule has 0 aromatic rings. The fourth-order valence-electron chi connectivity index (χ4n) is 8.75. The Balaban J connectivity index is 1.42. The number of ether oxygens (including phenoxy) is 2. The highest BCUT2D eigenvalue weighted by molar-refractivity contribution is 5.85. The van der Waals surface area contributed by atoms with Gasteiger partial charge in [0, 0.05) is 18.4 Å². The second-order valence-corrected chi connectivity index (χ2v) is 11.4. The van der Waals surface area contributed by atoms with E-state index in [1.54, 1.807) is 6.08 Å². The van der Waals surface area contributed by atoms with Gasteiger partial charge < -0.3 is 19.7 Å². The van der Waals surface area contributed by atoms with Crippen molar-refractivity contribution in [1.82, 2.24) is 0 Å². The molecular weight excluding hydrogens is 396 g/mol. The van der Waals surface area contributed by atoms with Gasteiger partial charge in [-0.25, -0.2) is 4.79 Å². The van der Waals surface area contributed by atoms with Crippen LogP contribution in [0.5, 0.6) is 0 Å². The highest BCUT2D eigenvalue weighted by atomic mass is 16.6. The maximum absolute atomic E-state index is 12.2. The summed E-state index contributed by atoms with van der Waals surface area (Å²) in [6.07, 6.45) is 7.52. The van der Waals surface area contributed by atoms with Gasteiger partial charge in [0.15, 0.2) is 0 Å². The van der Waals surface area contributed by atoms with Crippen LogP contribution in [0.2, 0.25) is 0 Å². The molecule has 1 heterocycles. The Bertz CT molecular complexity index is 821. The molecule has 0 radical (unpaired) electrons. The highest BCUT2D eigenvalue weighted by Crippen LogP contribution is 2.70. The molecule has 1 aliphatic heterocycles. The smallest absolute Gasteiger partial charge is 0.331 e. The Kier molecular flexibility index (Phi) is 4.88. The molecule has 4 fully saturated rings. The maximum Gasteiger partial charge on any atom is 0.331 e. The first-order chi connectivity index (χ1) is 14.6. The molecule has 4 saturated carbocycles. The van der Waals surface area contributed by atoms with Crippen LogP contribution in [0.3, 0.4) is 0 Å². The molecule has 0 aromatic carbocycles. The molecular formula is C25H36O6. The number of esters is 2. The minimum Gasteiger partial charge on any atom is -0.460 e. The van der Waals surface area contributed by atoms with Crippen molar-refractivity contribution in [3.8, 4) is 0 Å². The van der Waals surface area contributed by atoms with Gasteiger partial charge in [-0.3, -0.25) is 4.79 Å². The second-order valence-electron chi connectivity index (χ2n) is 11.4. The Morgan fingerprint density at radius 3 is 2.61 bits per heavy atom. The van der Waals surface area contributed by atoms with Crippen molar-refractivity contribution in [2.75, 3.05) is 6.61 Å². The number of cyclic esters (lactones) is 1. The van der Waals surface area contributed by atoms with Crippen molar-refractivity contribution in [3.63, 3.8) is 0 Å². The fourth-order valence-corrected chi connectivity index (χ4v) is 8.75. The van der Waals surface area contributed by atoms with Crippen LogP contribution in [0.1, 0.15) is 72.1 Å². The van der Waals surface area contributed by atoms with Crippen molar-refractivity contribution < 1.29 is 29.3 Å². The topological polar surface area (TPSA) is 93.1 Å². The average molecular weight is 433 g/mol. The van der Waals surface area contributed by atoms with Crippen LogP contribution in [0.25, 0.3) is 0 Å². The summed E-state index contributed by atoms with van der Waals surface area (Å²) in [7, 11) is 0. The van der Waals surface area contributed by atoms with Crippen molar-refractivity contribution in [1.29, 1.82) is 0 Å². The largest absolute Gasteiger partial charge is 0.460 e. The quantitative estimate of drug-likeness (QED) is 0.651. The van der Waals surface area contributed by atoms with E-state index in [-0.39, 0.29) is 34.6 Å². The summed E-state index contributed by atoms with van der Waals surface area (Å²) < 4.78 is 10.6. The Morgan fingerprint density at radius 2 is 1.94 bits per heavy atom. The lowest BCUT2D eigenvalue weighted by Gasteiger charge is -2.64. The van der Waals surface area contributed by atoms with E-state index in [1.165, 1.54) is 6.92 Å². The number of hydrogen-bond donors (Lipinski definition) is 2. The predicted octanol–water partition coefficient (Wildman–Crippen LogP) is 3.15. The lowest BCUT2D eigenvalue weighted by molar-refractivity contribution is -0.221. The Labute approximate surface area is 184 Å². The Morgan fingerprint density at radius 1 is 1.16 bits per heavy atom. The van der Waals surface area contributed by atoms with Gasteiger partial charge in [-0.2, -0.15) is 0 Å². The summed E-state index contributed by atoms with van der Waals surface area (Å²) >= 11 is 0. The van der Waals surface area contributed by atoms with Crippen LogP contribution in [0.4, 0.5) is 0 Å². The van der Waals surface area contributed by atoms with Gasteiger partial charge in [0.05, 0.1) is 11.7 Å².